The number of carbonyl (C=O) groups is 3. The molecule has 2 unspecified atom stereocenters. The number of H-pyrrole nitrogens is 1. The Hall–Kier alpha value is -3.08. The molecule has 1 aromatic heterocycles. The standard InChI is InChI=1S/C24H19ClN2O6S2/c1-11-3-2-4-12(7-11)10-33-15-6-5-13(25)8-14(15)17-18-20(34-21-19(17)35-24(32)26-21)23(31)27(22(18)30)9-16(28)29/h2-8,17-18,20H,9-10H2,1H3,(H,26,32)(H,28,29)/t17-,18?,20?/m1/s1. The van der Waals surface area contributed by atoms with E-state index < -0.39 is 41.4 Å². The first-order chi connectivity index (χ1) is 16.7. The zero-order valence-electron chi connectivity index (χ0n) is 18.3. The zero-order chi connectivity index (χ0) is 24.9. The van der Waals surface area contributed by atoms with Gasteiger partial charge in [0.05, 0.1) is 10.9 Å². The molecule has 3 heterocycles. The number of hydrogen-bond acceptors (Lipinski definition) is 7. The number of aromatic amines is 1. The molecule has 8 nitrogen and oxygen atoms in total. The molecule has 2 aromatic carbocycles. The van der Waals surface area contributed by atoms with Gasteiger partial charge in [0.15, 0.2) is 0 Å². The molecule has 0 aliphatic carbocycles. The number of carbonyl (C=O) groups excluding carboxylic acids is 2. The summed E-state index contributed by atoms with van der Waals surface area (Å²) in [4.78, 5) is 53.8. The molecule has 0 saturated carbocycles. The number of benzene rings is 2. The lowest BCUT2D eigenvalue weighted by Gasteiger charge is -2.31. The van der Waals surface area contributed by atoms with Crippen molar-refractivity contribution in [2.24, 2.45) is 5.92 Å². The molecule has 0 radical (unpaired) electrons. The highest BCUT2D eigenvalue weighted by Gasteiger charge is 2.56. The maximum absolute atomic E-state index is 13.4. The van der Waals surface area contributed by atoms with Gasteiger partial charge in [-0.1, -0.05) is 64.5 Å². The molecule has 11 heteroatoms. The lowest BCUT2D eigenvalue weighted by Crippen LogP contribution is -2.36. The summed E-state index contributed by atoms with van der Waals surface area (Å²) in [6, 6.07) is 12.9. The second-order valence-electron chi connectivity index (χ2n) is 8.37. The number of nitrogens with zero attached hydrogens (tertiary/aromatic N) is 1. The largest absolute Gasteiger partial charge is 0.489 e. The fourth-order valence-electron chi connectivity index (χ4n) is 4.56. The number of nitrogens with one attached hydrogen (secondary N) is 1. The maximum atomic E-state index is 13.4. The maximum Gasteiger partial charge on any atom is 0.323 e. The third-order valence-electron chi connectivity index (χ3n) is 5.99. The number of hydrogen-bond donors (Lipinski definition) is 2. The summed E-state index contributed by atoms with van der Waals surface area (Å²) in [5.74, 6) is -3.59. The molecule has 2 aliphatic rings. The summed E-state index contributed by atoms with van der Waals surface area (Å²) in [7, 11) is 0. The quantitative estimate of drug-likeness (QED) is 0.467. The molecule has 5 rings (SSSR count). The fourth-order valence-corrected chi connectivity index (χ4v) is 7.27. The van der Waals surface area contributed by atoms with E-state index in [1.165, 1.54) is 0 Å². The SMILES string of the molecule is Cc1cccc(COc2ccc(Cl)cc2[C@H]2c3sc(=O)[nH]c3SC3C(=O)N(CC(=O)O)C(=O)C32)c1. The van der Waals surface area contributed by atoms with Crippen LogP contribution in [0.4, 0.5) is 0 Å². The molecule has 2 amide bonds. The predicted octanol–water partition coefficient (Wildman–Crippen LogP) is 3.65. The molecule has 0 spiro atoms. The van der Waals surface area contributed by atoms with Crippen LogP contribution in [0.2, 0.25) is 5.02 Å². The number of aryl methyl sites for hydroxylation is 1. The molecular formula is C24H19ClN2O6S2. The van der Waals surface area contributed by atoms with E-state index >= 15 is 0 Å². The molecule has 2 aliphatic heterocycles. The molecule has 1 fully saturated rings. The molecule has 35 heavy (non-hydrogen) atoms. The van der Waals surface area contributed by atoms with Crippen molar-refractivity contribution in [3.05, 3.63) is 78.7 Å². The van der Waals surface area contributed by atoms with Crippen LogP contribution < -0.4 is 9.61 Å². The third-order valence-corrected chi connectivity index (χ3v) is 8.63. The molecule has 1 saturated heterocycles. The molecule has 0 bridgehead atoms. The fraction of sp³-hybridized carbons (Fsp3) is 0.250. The van der Waals surface area contributed by atoms with Gasteiger partial charge in [-0.15, -0.1) is 0 Å². The van der Waals surface area contributed by atoms with E-state index in [2.05, 4.69) is 4.98 Å². The Morgan fingerprint density at radius 2 is 1.97 bits per heavy atom. The molecule has 2 N–H and O–H groups in total. The molecule has 3 aromatic rings. The number of aliphatic carboxylic acids is 1. The Morgan fingerprint density at radius 3 is 2.71 bits per heavy atom. The second kappa shape index (κ2) is 9.18. The van der Waals surface area contributed by atoms with Gasteiger partial charge in [0.2, 0.25) is 11.8 Å². The number of thioether (sulfide) groups is 1. The Labute approximate surface area is 212 Å². The Balaban J connectivity index is 1.59. The van der Waals surface area contributed by atoms with Crippen molar-refractivity contribution in [3.63, 3.8) is 0 Å². The van der Waals surface area contributed by atoms with Crippen molar-refractivity contribution in [1.82, 2.24) is 9.88 Å². The van der Waals surface area contributed by atoms with E-state index in [-0.39, 0.29) is 11.5 Å². The minimum Gasteiger partial charge on any atom is -0.489 e. The van der Waals surface area contributed by atoms with E-state index in [9.17, 15) is 24.3 Å². The van der Waals surface area contributed by atoms with Crippen molar-refractivity contribution < 1.29 is 24.2 Å². The van der Waals surface area contributed by atoms with Crippen LogP contribution in [0.5, 0.6) is 5.75 Å². The predicted molar refractivity (Wildman–Crippen MR) is 131 cm³/mol. The highest BCUT2D eigenvalue weighted by atomic mass is 35.5. The van der Waals surface area contributed by atoms with E-state index in [4.69, 9.17) is 16.3 Å². The van der Waals surface area contributed by atoms with Gasteiger partial charge < -0.3 is 14.8 Å². The average molecular weight is 531 g/mol. The summed E-state index contributed by atoms with van der Waals surface area (Å²) < 4.78 is 6.16. The first-order valence-corrected chi connectivity index (χ1v) is 12.7. The van der Waals surface area contributed by atoms with Crippen molar-refractivity contribution in [1.29, 1.82) is 0 Å². The summed E-state index contributed by atoms with van der Waals surface area (Å²) >= 11 is 8.39. The van der Waals surface area contributed by atoms with Gasteiger partial charge in [-0.3, -0.25) is 24.1 Å². The number of thiazole rings is 1. The summed E-state index contributed by atoms with van der Waals surface area (Å²) in [6.07, 6.45) is 0. The van der Waals surface area contributed by atoms with Gasteiger partial charge in [-0.2, -0.15) is 0 Å². The monoisotopic (exact) mass is 530 g/mol. The second-order valence-corrected chi connectivity index (χ2v) is 11.0. The Kier molecular flexibility index (Phi) is 6.20. The third kappa shape index (κ3) is 4.37. The van der Waals surface area contributed by atoms with E-state index in [0.717, 1.165) is 39.1 Å². The van der Waals surface area contributed by atoms with Crippen LogP contribution in [0.25, 0.3) is 0 Å². The summed E-state index contributed by atoms with van der Waals surface area (Å²) in [5, 5.41) is 9.27. The smallest absolute Gasteiger partial charge is 0.323 e. The normalized spacial score (nSPS) is 21.1. The van der Waals surface area contributed by atoms with Crippen molar-refractivity contribution in [3.8, 4) is 5.75 Å². The first-order valence-electron chi connectivity index (χ1n) is 10.7. The topological polar surface area (TPSA) is 117 Å². The lowest BCUT2D eigenvalue weighted by molar-refractivity contribution is -0.149. The Morgan fingerprint density at radius 1 is 1.17 bits per heavy atom. The van der Waals surface area contributed by atoms with Crippen LogP contribution in [-0.4, -0.2) is 44.6 Å². The first kappa shape index (κ1) is 23.7. The highest BCUT2D eigenvalue weighted by Crippen LogP contribution is 2.54. The molecule has 3 atom stereocenters. The van der Waals surface area contributed by atoms with E-state index in [1.54, 1.807) is 18.2 Å². The number of carboxylic acids is 1. The van der Waals surface area contributed by atoms with E-state index in [1.807, 2.05) is 31.2 Å². The number of carboxylic acid groups (broad SMARTS) is 1. The van der Waals surface area contributed by atoms with Crippen LogP contribution in [0, 0.1) is 12.8 Å². The van der Waals surface area contributed by atoms with Crippen LogP contribution in [0.3, 0.4) is 0 Å². The average Bonchev–Trinajstić information content (AvgIpc) is 3.28. The number of ether oxygens (including phenoxy) is 1. The van der Waals surface area contributed by atoms with Crippen LogP contribution in [-0.2, 0) is 21.0 Å². The van der Waals surface area contributed by atoms with Crippen LogP contribution in [0.15, 0.2) is 52.3 Å². The number of halogens is 1. The van der Waals surface area contributed by atoms with Gasteiger partial charge in [-0.05, 0) is 30.7 Å². The minimum absolute atomic E-state index is 0.264. The number of imide groups is 1. The Bertz CT molecular complexity index is 1420. The minimum atomic E-state index is -1.28. The molecular weight excluding hydrogens is 512 g/mol. The number of likely N-dealkylation sites (tertiary alicyclic amines) is 1. The van der Waals surface area contributed by atoms with E-state index in [0.29, 0.717) is 26.2 Å². The van der Waals surface area contributed by atoms with Crippen molar-refractivity contribution >= 4 is 52.5 Å². The highest BCUT2D eigenvalue weighted by molar-refractivity contribution is 8.00. The van der Waals surface area contributed by atoms with Crippen molar-refractivity contribution in [2.45, 2.75) is 29.7 Å². The number of aromatic nitrogens is 1. The van der Waals surface area contributed by atoms with Gasteiger partial charge in [0.25, 0.3) is 0 Å². The molecule has 180 valence electrons. The van der Waals surface area contributed by atoms with Gasteiger partial charge >= 0.3 is 10.8 Å². The lowest BCUT2D eigenvalue weighted by atomic mass is 9.82. The number of rotatable bonds is 6. The van der Waals surface area contributed by atoms with Gasteiger partial charge in [-0.25, -0.2) is 0 Å². The van der Waals surface area contributed by atoms with Crippen LogP contribution >= 0.6 is 34.7 Å². The van der Waals surface area contributed by atoms with Gasteiger partial charge in [0, 0.05) is 21.4 Å². The van der Waals surface area contributed by atoms with Crippen LogP contribution in [0.1, 0.15) is 27.5 Å². The summed E-state index contributed by atoms with van der Waals surface area (Å²) in [6.45, 7) is 1.53. The summed E-state index contributed by atoms with van der Waals surface area (Å²) in [5.41, 5.74) is 2.61. The number of fused-ring (bicyclic) bond motifs is 2. The zero-order valence-corrected chi connectivity index (χ0v) is 20.7. The number of amides is 2. The van der Waals surface area contributed by atoms with Crippen molar-refractivity contribution in [2.75, 3.05) is 6.54 Å². The van der Waals surface area contributed by atoms with Gasteiger partial charge in [0.1, 0.15) is 24.2 Å².